The summed E-state index contributed by atoms with van der Waals surface area (Å²) in [6.07, 6.45) is 6.02. The van der Waals surface area contributed by atoms with E-state index in [1.54, 1.807) is 13.2 Å². The molecule has 1 saturated carbocycles. The Morgan fingerprint density at radius 3 is 3.10 bits per heavy atom. The van der Waals surface area contributed by atoms with Crippen molar-refractivity contribution < 1.29 is 4.21 Å². The summed E-state index contributed by atoms with van der Waals surface area (Å²) in [4.78, 5) is 4.26. The first kappa shape index (κ1) is 16.0. The smallest absolute Gasteiger partial charge is 0.191 e. The number of aliphatic imine (C=N–C) groups is 1. The molecule has 1 aromatic heterocycles. The molecule has 3 unspecified atom stereocenters. The highest BCUT2D eigenvalue weighted by atomic mass is 32.2. The minimum Gasteiger partial charge on any atom is -0.354 e. The van der Waals surface area contributed by atoms with Crippen molar-refractivity contribution in [3.05, 3.63) is 18.0 Å². The summed E-state index contributed by atoms with van der Waals surface area (Å²) in [6.45, 7) is 2.66. The lowest BCUT2D eigenvalue weighted by molar-refractivity contribution is 0.413. The van der Waals surface area contributed by atoms with Gasteiger partial charge in [-0.25, -0.2) is 0 Å². The van der Waals surface area contributed by atoms with E-state index in [0.717, 1.165) is 43.1 Å². The van der Waals surface area contributed by atoms with Crippen LogP contribution in [-0.4, -0.2) is 44.5 Å². The zero-order valence-corrected chi connectivity index (χ0v) is 13.6. The fraction of sp³-hybridized carbons (Fsp3) is 0.714. The molecule has 0 aromatic carbocycles. The van der Waals surface area contributed by atoms with Crippen LogP contribution in [0, 0.1) is 0 Å². The molecule has 0 amide bonds. The molecule has 1 aliphatic rings. The van der Waals surface area contributed by atoms with Crippen LogP contribution in [0.3, 0.4) is 0 Å². The maximum absolute atomic E-state index is 12.0. The molecule has 1 fully saturated rings. The summed E-state index contributed by atoms with van der Waals surface area (Å²) in [5.41, 5.74) is 1.02. The summed E-state index contributed by atoms with van der Waals surface area (Å²) in [5, 5.41) is 13.9. The Morgan fingerprint density at radius 2 is 2.43 bits per heavy atom. The van der Waals surface area contributed by atoms with Crippen LogP contribution in [0.4, 0.5) is 0 Å². The monoisotopic (exact) mass is 311 g/mol. The van der Waals surface area contributed by atoms with E-state index in [1.807, 2.05) is 13.0 Å². The van der Waals surface area contributed by atoms with Gasteiger partial charge in [-0.1, -0.05) is 13.3 Å². The largest absolute Gasteiger partial charge is 0.354 e. The Bertz CT molecular complexity index is 474. The van der Waals surface area contributed by atoms with Gasteiger partial charge in [-0.2, -0.15) is 5.10 Å². The number of aromatic amines is 1. The van der Waals surface area contributed by atoms with Crippen LogP contribution in [0.25, 0.3) is 0 Å². The maximum Gasteiger partial charge on any atom is 0.191 e. The molecule has 0 saturated heterocycles. The summed E-state index contributed by atoms with van der Waals surface area (Å²) in [6, 6.07) is 2.29. The van der Waals surface area contributed by atoms with E-state index in [0.29, 0.717) is 17.8 Å². The van der Waals surface area contributed by atoms with E-state index in [4.69, 9.17) is 0 Å². The van der Waals surface area contributed by atoms with Gasteiger partial charge in [-0.3, -0.25) is 14.3 Å². The van der Waals surface area contributed by atoms with Gasteiger partial charge in [0.05, 0.1) is 12.2 Å². The van der Waals surface area contributed by atoms with Crippen molar-refractivity contribution in [3.8, 4) is 0 Å². The van der Waals surface area contributed by atoms with Gasteiger partial charge < -0.3 is 10.6 Å². The second-order valence-corrected chi connectivity index (χ2v) is 7.31. The van der Waals surface area contributed by atoms with Gasteiger partial charge >= 0.3 is 0 Å². The highest BCUT2D eigenvalue weighted by Gasteiger charge is 2.25. The zero-order valence-electron chi connectivity index (χ0n) is 12.8. The minimum atomic E-state index is -0.692. The molecule has 7 heteroatoms. The van der Waals surface area contributed by atoms with E-state index >= 15 is 0 Å². The number of guanidine groups is 1. The molecule has 118 valence electrons. The van der Waals surface area contributed by atoms with Crippen LogP contribution in [0.2, 0.25) is 0 Å². The third-order valence-electron chi connectivity index (χ3n) is 3.85. The van der Waals surface area contributed by atoms with Crippen molar-refractivity contribution in [3.63, 3.8) is 0 Å². The van der Waals surface area contributed by atoms with E-state index in [2.05, 4.69) is 25.8 Å². The van der Waals surface area contributed by atoms with Crippen molar-refractivity contribution in [2.45, 2.75) is 50.4 Å². The lowest BCUT2D eigenvalue weighted by atomic mass is 9.95. The Morgan fingerprint density at radius 1 is 1.57 bits per heavy atom. The number of hydrogen-bond acceptors (Lipinski definition) is 3. The molecule has 0 radical (unpaired) electrons. The Labute approximate surface area is 128 Å². The third-order valence-corrected chi connectivity index (χ3v) is 5.59. The SMILES string of the molecule is CCS(=O)C1CCCC(NC(=NC)NCc2ccn[nH]2)C1. The van der Waals surface area contributed by atoms with Crippen LogP contribution < -0.4 is 10.6 Å². The molecule has 21 heavy (non-hydrogen) atoms. The quantitative estimate of drug-likeness (QED) is 0.563. The fourth-order valence-electron chi connectivity index (χ4n) is 2.70. The predicted octanol–water partition coefficient (Wildman–Crippen LogP) is 1.15. The lowest BCUT2D eigenvalue weighted by Crippen LogP contribution is -2.46. The molecule has 3 N–H and O–H groups in total. The summed E-state index contributed by atoms with van der Waals surface area (Å²) in [5.74, 6) is 1.54. The van der Waals surface area contributed by atoms with Gasteiger partial charge in [0.2, 0.25) is 0 Å². The minimum absolute atomic E-state index is 0.326. The molecule has 3 atom stereocenters. The molecule has 0 aliphatic heterocycles. The molecule has 1 heterocycles. The average molecular weight is 311 g/mol. The molecular weight excluding hydrogens is 286 g/mol. The Balaban J connectivity index is 1.82. The second-order valence-electron chi connectivity index (χ2n) is 5.31. The first-order valence-electron chi connectivity index (χ1n) is 7.55. The summed E-state index contributed by atoms with van der Waals surface area (Å²) in [7, 11) is 1.08. The van der Waals surface area contributed by atoms with Crippen molar-refractivity contribution in [1.29, 1.82) is 0 Å². The Kier molecular flexibility index (Phi) is 6.22. The second kappa shape index (κ2) is 8.17. The molecule has 0 bridgehead atoms. The molecule has 0 spiro atoms. The summed E-state index contributed by atoms with van der Waals surface area (Å²) >= 11 is 0. The number of nitrogens with zero attached hydrogens (tertiary/aromatic N) is 2. The average Bonchev–Trinajstić information content (AvgIpc) is 3.04. The lowest BCUT2D eigenvalue weighted by Gasteiger charge is -2.30. The van der Waals surface area contributed by atoms with E-state index in [1.165, 1.54) is 0 Å². The molecular formula is C14H25N5OS. The van der Waals surface area contributed by atoms with Gasteiger partial charge in [0.25, 0.3) is 0 Å². The molecule has 1 aliphatic carbocycles. The fourth-order valence-corrected chi connectivity index (χ4v) is 4.05. The Hall–Kier alpha value is -1.37. The normalized spacial score (nSPS) is 24.6. The van der Waals surface area contributed by atoms with E-state index in [-0.39, 0.29) is 0 Å². The highest BCUT2D eigenvalue weighted by molar-refractivity contribution is 7.85. The third kappa shape index (κ3) is 4.84. The molecule has 1 aromatic rings. The number of H-pyrrole nitrogens is 1. The van der Waals surface area contributed by atoms with Gasteiger partial charge in [0.1, 0.15) is 0 Å². The van der Waals surface area contributed by atoms with Crippen LogP contribution in [0.5, 0.6) is 0 Å². The molecule has 2 rings (SSSR count). The molecule has 6 nitrogen and oxygen atoms in total. The van der Waals surface area contributed by atoms with Gasteiger partial charge in [-0.15, -0.1) is 0 Å². The van der Waals surface area contributed by atoms with E-state index < -0.39 is 10.8 Å². The van der Waals surface area contributed by atoms with Crippen molar-refractivity contribution in [2.24, 2.45) is 4.99 Å². The first-order chi connectivity index (χ1) is 10.2. The summed E-state index contributed by atoms with van der Waals surface area (Å²) < 4.78 is 12.0. The van der Waals surface area contributed by atoms with Gasteiger partial charge in [0, 0.05) is 41.1 Å². The number of nitrogens with one attached hydrogen (secondary N) is 3. The predicted molar refractivity (Wildman–Crippen MR) is 86.6 cm³/mol. The van der Waals surface area contributed by atoms with Crippen LogP contribution >= 0.6 is 0 Å². The highest BCUT2D eigenvalue weighted by Crippen LogP contribution is 2.22. The van der Waals surface area contributed by atoms with Gasteiger partial charge in [-0.05, 0) is 25.3 Å². The van der Waals surface area contributed by atoms with Crippen molar-refractivity contribution >= 4 is 16.8 Å². The number of hydrogen-bond donors (Lipinski definition) is 3. The van der Waals surface area contributed by atoms with Crippen LogP contribution in [0.15, 0.2) is 17.3 Å². The van der Waals surface area contributed by atoms with Crippen LogP contribution in [0.1, 0.15) is 38.3 Å². The first-order valence-corrected chi connectivity index (χ1v) is 8.93. The van der Waals surface area contributed by atoms with E-state index in [9.17, 15) is 4.21 Å². The maximum atomic E-state index is 12.0. The number of rotatable bonds is 5. The van der Waals surface area contributed by atoms with Crippen molar-refractivity contribution in [2.75, 3.05) is 12.8 Å². The van der Waals surface area contributed by atoms with Crippen LogP contribution in [-0.2, 0) is 17.3 Å². The standard InChI is InChI=1S/C14H25N5OS/c1-3-21(20)13-6-4-5-11(9-13)18-14(15-2)16-10-12-7-8-17-19-12/h7-8,11,13H,3-6,9-10H2,1-2H3,(H,17,19)(H2,15,16,18). The van der Waals surface area contributed by atoms with Crippen molar-refractivity contribution in [1.82, 2.24) is 20.8 Å². The zero-order chi connectivity index (χ0) is 15.1. The topological polar surface area (TPSA) is 82.2 Å². The van der Waals surface area contributed by atoms with Gasteiger partial charge in [0.15, 0.2) is 5.96 Å². The number of aromatic nitrogens is 2.